The van der Waals surface area contributed by atoms with Crippen LogP contribution < -0.4 is 10.1 Å². The molecular weight excluding hydrogens is 284 g/mol. The Labute approximate surface area is 131 Å². The molecule has 1 aromatic heterocycles. The highest BCUT2D eigenvalue weighted by Gasteiger charge is 2.16. The molecule has 0 spiro atoms. The molecule has 112 valence electrons. The van der Waals surface area contributed by atoms with Crippen LogP contribution in [0.3, 0.4) is 0 Å². The molecule has 0 aliphatic rings. The second-order valence-corrected chi connectivity index (χ2v) is 5.46. The lowest BCUT2D eigenvalue weighted by molar-refractivity contribution is 0.315. The minimum atomic E-state index is 0.0429. The first-order valence-electron chi connectivity index (χ1n) is 7.16. The topological polar surface area (TPSA) is 34.1 Å². The molecule has 0 saturated heterocycles. The molecule has 0 fully saturated rings. The van der Waals surface area contributed by atoms with Gasteiger partial charge in [-0.15, -0.1) is 0 Å². The van der Waals surface area contributed by atoms with Gasteiger partial charge in [-0.1, -0.05) is 24.6 Å². The quantitative estimate of drug-likeness (QED) is 0.871. The third kappa shape index (κ3) is 3.96. The van der Waals surface area contributed by atoms with Gasteiger partial charge in [-0.2, -0.15) is 0 Å². The summed E-state index contributed by atoms with van der Waals surface area (Å²) in [4.78, 5) is 4.29. The third-order valence-corrected chi connectivity index (χ3v) is 3.62. The Morgan fingerprint density at radius 3 is 2.81 bits per heavy atom. The molecule has 4 heteroatoms. The van der Waals surface area contributed by atoms with E-state index in [0.717, 1.165) is 28.3 Å². The molecule has 21 heavy (non-hydrogen) atoms. The first-order chi connectivity index (χ1) is 10.2. The van der Waals surface area contributed by atoms with Crippen molar-refractivity contribution in [2.75, 3.05) is 13.7 Å². The van der Waals surface area contributed by atoms with E-state index in [2.05, 4.69) is 24.1 Å². The Kier molecular flexibility index (Phi) is 5.59. The summed E-state index contributed by atoms with van der Waals surface area (Å²) in [6.07, 6.45) is 4.59. The lowest BCUT2D eigenvalue weighted by Crippen LogP contribution is -2.19. The molecule has 0 aliphatic heterocycles. The number of aryl methyl sites for hydroxylation is 1. The zero-order chi connectivity index (χ0) is 15.2. The van der Waals surface area contributed by atoms with Crippen molar-refractivity contribution in [3.8, 4) is 5.75 Å². The average Bonchev–Trinajstić information content (AvgIpc) is 2.50. The van der Waals surface area contributed by atoms with Crippen molar-refractivity contribution < 1.29 is 4.74 Å². The van der Waals surface area contributed by atoms with E-state index in [-0.39, 0.29) is 6.04 Å². The Bertz CT molecular complexity index is 601. The van der Waals surface area contributed by atoms with Crippen LogP contribution in [0.15, 0.2) is 36.7 Å². The largest absolute Gasteiger partial charge is 0.492 e. The van der Waals surface area contributed by atoms with Gasteiger partial charge < -0.3 is 10.1 Å². The number of benzene rings is 1. The van der Waals surface area contributed by atoms with Crippen LogP contribution in [-0.2, 0) is 0 Å². The Morgan fingerprint density at radius 2 is 2.10 bits per heavy atom. The van der Waals surface area contributed by atoms with Crippen LogP contribution in [-0.4, -0.2) is 18.6 Å². The molecule has 1 heterocycles. The third-order valence-electron chi connectivity index (χ3n) is 3.38. The lowest BCUT2D eigenvalue weighted by atomic mass is 9.96. The van der Waals surface area contributed by atoms with Gasteiger partial charge in [0.1, 0.15) is 5.75 Å². The maximum absolute atomic E-state index is 6.14. The molecule has 2 aromatic rings. The van der Waals surface area contributed by atoms with E-state index >= 15 is 0 Å². The highest BCUT2D eigenvalue weighted by Crippen LogP contribution is 2.28. The van der Waals surface area contributed by atoms with Gasteiger partial charge in [-0.05, 0) is 55.3 Å². The highest BCUT2D eigenvalue weighted by atomic mass is 35.5. The smallest absolute Gasteiger partial charge is 0.137 e. The van der Waals surface area contributed by atoms with Crippen molar-refractivity contribution in [1.82, 2.24) is 10.3 Å². The molecule has 2 rings (SSSR count). The van der Waals surface area contributed by atoms with Gasteiger partial charge in [0.25, 0.3) is 0 Å². The molecule has 0 radical (unpaired) electrons. The zero-order valence-corrected chi connectivity index (χ0v) is 13.4. The minimum absolute atomic E-state index is 0.0429. The molecule has 3 nitrogen and oxygen atoms in total. The van der Waals surface area contributed by atoms with Gasteiger partial charge in [-0.25, -0.2) is 0 Å². The fourth-order valence-electron chi connectivity index (χ4n) is 2.32. The summed E-state index contributed by atoms with van der Waals surface area (Å²) >= 11 is 6.14. The molecule has 0 bridgehead atoms. The zero-order valence-electron chi connectivity index (χ0n) is 12.7. The number of nitrogens with one attached hydrogen (secondary N) is 1. The van der Waals surface area contributed by atoms with Crippen LogP contribution in [0.2, 0.25) is 5.02 Å². The van der Waals surface area contributed by atoms with Crippen LogP contribution in [0, 0.1) is 6.92 Å². The van der Waals surface area contributed by atoms with E-state index in [1.54, 1.807) is 6.20 Å². The SMILES string of the molecule is CCCOc1cncc(C(NC)c2cc(Cl)ccc2C)c1. The average molecular weight is 305 g/mol. The predicted octanol–water partition coefficient (Wildman–Crippen LogP) is 4.14. The van der Waals surface area contributed by atoms with Crippen molar-refractivity contribution >= 4 is 11.6 Å². The van der Waals surface area contributed by atoms with E-state index in [1.165, 1.54) is 5.56 Å². The fourth-order valence-corrected chi connectivity index (χ4v) is 2.50. The van der Waals surface area contributed by atoms with Crippen LogP contribution in [0.5, 0.6) is 5.75 Å². The Hall–Kier alpha value is -1.58. The van der Waals surface area contributed by atoms with E-state index in [1.807, 2.05) is 37.5 Å². The standard InChI is InChI=1S/C17H21ClN2O/c1-4-7-21-15-8-13(10-20-11-15)17(19-3)16-9-14(18)6-5-12(16)2/h5-6,8-11,17,19H,4,7H2,1-3H3. The van der Waals surface area contributed by atoms with Crippen molar-refractivity contribution in [3.05, 3.63) is 58.4 Å². The fraction of sp³-hybridized carbons (Fsp3) is 0.353. The second kappa shape index (κ2) is 7.43. The molecule has 1 unspecified atom stereocenters. The van der Waals surface area contributed by atoms with E-state index in [0.29, 0.717) is 6.61 Å². The molecule has 1 atom stereocenters. The Morgan fingerprint density at radius 1 is 1.29 bits per heavy atom. The summed E-state index contributed by atoms with van der Waals surface area (Å²) in [6, 6.07) is 8.02. The van der Waals surface area contributed by atoms with Gasteiger partial charge in [0.2, 0.25) is 0 Å². The van der Waals surface area contributed by atoms with Crippen molar-refractivity contribution in [1.29, 1.82) is 0 Å². The number of rotatable bonds is 6. The molecule has 0 saturated carbocycles. The number of hydrogen-bond acceptors (Lipinski definition) is 3. The number of aromatic nitrogens is 1. The predicted molar refractivity (Wildman–Crippen MR) is 87.1 cm³/mol. The summed E-state index contributed by atoms with van der Waals surface area (Å²) in [5.74, 6) is 0.800. The minimum Gasteiger partial charge on any atom is -0.492 e. The highest BCUT2D eigenvalue weighted by molar-refractivity contribution is 6.30. The number of hydrogen-bond donors (Lipinski definition) is 1. The molecule has 0 aliphatic carbocycles. The maximum Gasteiger partial charge on any atom is 0.137 e. The summed E-state index contributed by atoms with van der Waals surface area (Å²) < 4.78 is 5.66. The first kappa shape index (κ1) is 15.8. The second-order valence-electron chi connectivity index (χ2n) is 5.03. The summed E-state index contributed by atoms with van der Waals surface area (Å²) in [5, 5.41) is 4.07. The summed E-state index contributed by atoms with van der Waals surface area (Å²) in [7, 11) is 1.94. The van der Waals surface area contributed by atoms with E-state index < -0.39 is 0 Å². The van der Waals surface area contributed by atoms with Gasteiger partial charge in [0.05, 0.1) is 18.8 Å². The normalized spacial score (nSPS) is 12.2. The van der Waals surface area contributed by atoms with Crippen LogP contribution >= 0.6 is 11.6 Å². The van der Waals surface area contributed by atoms with Crippen molar-refractivity contribution in [2.24, 2.45) is 0 Å². The Balaban J connectivity index is 2.34. The van der Waals surface area contributed by atoms with Crippen LogP contribution in [0.4, 0.5) is 0 Å². The van der Waals surface area contributed by atoms with Crippen LogP contribution in [0.1, 0.15) is 36.1 Å². The van der Waals surface area contributed by atoms with Crippen LogP contribution in [0.25, 0.3) is 0 Å². The van der Waals surface area contributed by atoms with Crippen molar-refractivity contribution in [2.45, 2.75) is 26.3 Å². The molecule has 1 aromatic carbocycles. The van der Waals surface area contributed by atoms with Crippen molar-refractivity contribution in [3.63, 3.8) is 0 Å². The van der Waals surface area contributed by atoms with E-state index in [4.69, 9.17) is 16.3 Å². The summed E-state index contributed by atoms with van der Waals surface area (Å²) in [5.41, 5.74) is 3.41. The lowest BCUT2D eigenvalue weighted by Gasteiger charge is -2.20. The molecule has 1 N–H and O–H groups in total. The monoisotopic (exact) mass is 304 g/mol. The van der Waals surface area contributed by atoms with Gasteiger partial charge in [-0.3, -0.25) is 4.98 Å². The number of halogens is 1. The molecular formula is C17H21ClN2O. The van der Waals surface area contributed by atoms with Gasteiger partial charge >= 0.3 is 0 Å². The number of nitrogens with zero attached hydrogens (tertiary/aromatic N) is 1. The maximum atomic E-state index is 6.14. The van der Waals surface area contributed by atoms with Gasteiger partial charge in [0.15, 0.2) is 0 Å². The molecule has 0 amide bonds. The number of ether oxygens (including phenoxy) is 1. The van der Waals surface area contributed by atoms with E-state index in [9.17, 15) is 0 Å². The first-order valence-corrected chi connectivity index (χ1v) is 7.54. The number of pyridine rings is 1. The van der Waals surface area contributed by atoms with Gasteiger partial charge in [0, 0.05) is 11.2 Å². The summed E-state index contributed by atoms with van der Waals surface area (Å²) in [6.45, 7) is 4.87.